The van der Waals surface area contributed by atoms with Gasteiger partial charge in [-0.3, -0.25) is 4.79 Å². The van der Waals surface area contributed by atoms with Gasteiger partial charge in [0, 0.05) is 36.7 Å². The molecule has 0 radical (unpaired) electrons. The lowest BCUT2D eigenvalue weighted by atomic mass is 10.2. The van der Waals surface area contributed by atoms with E-state index in [-0.39, 0.29) is 12.5 Å². The third-order valence-corrected chi connectivity index (χ3v) is 5.23. The summed E-state index contributed by atoms with van der Waals surface area (Å²) in [6.45, 7) is 5.18. The van der Waals surface area contributed by atoms with Crippen molar-refractivity contribution < 1.29 is 23.8 Å². The lowest BCUT2D eigenvalue weighted by molar-refractivity contribution is -0.134. The summed E-state index contributed by atoms with van der Waals surface area (Å²) < 4.78 is 17.9. The molecule has 0 atom stereocenters. The van der Waals surface area contributed by atoms with E-state index >= 15 is 0 Å². The minimum atomic E-state index is -0.501. The van der Waals surface area contributed by atoms with Crippen LogP contribution < -0.4 is 9.47 Å². The maximum atomic E-state index is 12.7. The predicted octanol–water partition coefficient (Wildman–Crippen LogP) is 3.88. The smallest absolute Gasteiger partial charge is 0.340 e. The summed E-state index contributed by atoms with van der Waals surface area (Å²) in [6.07, 6.45) is 1.78. The van der Waals surface area contributed by atoms with E-state index in [2.05, 4.69) is 0 Å². The predicted molar refractivity (Wildman–Crippen MR) is 119 cm³/mol. The average molecular weight is 424 g/mol. The molecule has 3 aromatic rings. The molecule has 0 spiro atoms. The summed E-state index contributed by atoms with van der Waals surface area (Å²) in [4.78, 5) is 27.0. The minimum Gasteiger partial charge on any atom is -0.493 e. The number of aromatic nitrogens is 1. The van der Waals surface area contributed by atoms with Crippen molar-refractivity contribution in [3.8, 4) is 11.5 Å². The maximum Gasteiger partial charge on any atom is 0.340 e. The number of esters is 1. The highest BCUT2D eigenvalue weighted by molar-refractivity contribution is 6.04. The van der Waals surface area contributed by atoms with Gasteiger partial charge in [0.1, 0.15) is 0 Å². The largest absolute Gasteiger partial charge is 0.493 e. The number of likely N-dealkylation sites (N-methyl/N-ethyl adjacent to an activating group) is 1. The normalized spacial score (nSPS) is 10.7. The molecule has 0 saturated heterocycles. The highest BCUT2D eigenvalue weighted by Gasteiger charge is 2.19. The van der Waals surface area contributed by atoms with Gasteiger partial charge in [-0.05, 0) is 37.6 Å². The molecule has 0 aliphatic heterocycles. The number of hydrogen-bond donors (Lipinski definition) is 0. The Balaban J connectivity index is 1.67. The lowest BCUT2D eigenvalue weighted by Gasteiger charge is -2.21. The highest BCUT2D eigenvalue weighted by atomic mass is 16.5. The molecule has 0 aliphatic rings. The first-order valence-corrected chi connectivity index (χ1v) is 10.3. The van der Waals surface area contributed by atoms with E-state index in [0.29, 0.717) is 30.2 Å². The van der Waals surface area contributed by atoms with Gasteiger partial charge < -0.3 is 23.7 Å². The van der Waals surface area contributed by atoms with Gasteiger partial charge >= 0.3 is 5.97 Å². The Hall–Kier alpha value is -3.48. The summed E-state index contributed by atoms with van der Waals surface area (Å²) in [7, 11) is 3.14. The topological polar surface area (TPSA) is 70.0 Å². The summed E-state index contributed by atoms with van der Waals surface area (Å²) in [5, 5.41) is 0.819. The van der Waals surface area contributed by atoms with Gasteiger partial charge in [0.15, 0.2) is 18.1 Å². The van der Waals surface area contributed by atoms with Crippen molar-refractivity contribution >= 4 is 22.8 Å². The second-order valence-corrected chi connectivity index (χ2v) is 7.02. The highest BCUT2D eigenvalue weighted by Crippen LogP contribution is 2.28. The minimum absolute atomic E-state index is 0.259. The Morgan fingerprint density at radius 1 is 1.00 bits per heavy atom. The van der Waals surface area contributed by atoms with E-state index in [1.165, 1.54) is 0 Å². The summed E-state index contributed by atoms with van der Waals surface area (Å²) in [5.74, 6) is 0.465. The fourth-order valence-electron chi connectivity index (χ4n) is 3.54. The molecule has 0 unspecified atom stereocenters. The van der Waals surface area contributed by atoms with Gasteiger partial charge in [-0.2, -0.15) is 0 Å². The van der Waals surface area contributed by atoms with Crippen LogP contribution in [0.3, 0.4) is 0 Å². The van der Waals surface area contributed by atoms with Gasteiger partial charge in [0.05, 0.1) is 19.8 Å². The molecule has 1 amide bonds. The molecule has 7 heteroatoms. The number of benzene rings is 2. The van der Waals surface area contributed by atoms with Crippen LogP contribution in [0.1, 0.15) is 29.8 Å². The first-order valence-electron chi connectivity index (χ1n) is 10.3. The van der Waals surface area contributed by atoms with E-state index in [1.807, 2.05) is 54.8 Å². The average Bonchev–Trinajstić information content (AvgIpc) is 3.19. The summed E-state index contributed by atoms with van der Waals surface area (Å²) in [5.41, 5.74) is 2.32. The SMILES string of the molecule is CCN(Cc1ccc(OC)c(OC)c1)C(=O)COC(=O)c1cn(CC)c2ccccc12. The van der Waals surface area contributed by atoms with Crippen LogP contribution in [0.4, 0.5) is 0 Å². The van der Waals surface area contributed by atoms with E-state index in [1.54, 1.807) is 31.4 Å². The van der Waals surface area contributed by atoms with Crippen LogP contribution in [0.5, 0.6) is 11.5 Å². The monoisotopic (exact) mass is 424 g/mol. The number of nitrogens with zero attached hydrogens (tertiary/aromatic N) is 2. The van der Waals surface area contributed by atoms with E-state index in [9.17, 15) is 9.59 Å². The van der Waals surface area contributed by atoms with Gasteiger partial charge in [-0.1, -0.05) is 24.3 Å². The van der Waals surface area contributed by atoms with Crippen LogP contribution in [-0.2, 0) is 22.6 Å². The van der Waals surface area contributed by atoms with Crippen molar-refractivity contribution in [3.63, 3.8) is 0 Å². The van der Waals surface area contributed by atoms with Crippen molar-refractivity contribution in [1.82, 2.24) is 9.47 Å². The first-order chi connectivity index (χ1) is 15.0. The van der Waals surface area contributed by atoms with Crippen LogP contribution in [0.25, 0.3) is 10.9 Å². The molecular formula is C24H28N2O5. The number of carbonyl (C=O) groups excluding carboxylic acids is 2. The van der Waals surface area contributed by atoms with Crippen LogP contribution in [0.15, 0.2) is 48.7 Å². The van der Waals surface area contributed by atoms with Gasteiger partial charge in [0.2, 0.25) is 0 Å². The molecule has 1 heterocycles. The third-order valence-electron chi connectivity index (χ3n) is 5.23. The third kappa shape index (κ3) is 4.82. The Kier molecular flexibility index (Phi) is 7.18. The van der Waals surface area contributed by atoms with Crippen molar-refractivity contribution in [2.45, 2.75) is 26.9 Å². The second kappa shape index (κ2) is 10.0. The van der Waals surface area contributed by atoms with Crippen molar-refractivity contribution in [3.05, 3.63) is 59.8 Å². The Bertz CT molecular complexity index is 1070. The second-order valence-electron chi connectivity index (χ2n) is 7.02. The standard InChI is InChI=1S/C24H28N2O5/c1-5-25-15-19(18-9-7-8-10-20(18)25)24(28)31-16-23(27)26(6-2)14-17-11-12-21(29-3)22(13-17)30-4/h7-13,15H,5-6,14,16H2,1-4H3. The van der Waals surface area contributed by atoms with E-state index < -0.39 is 5.97 Å². The number of amides is 1. The fraction of sp³-hybridized carbons (Fsp3) is 0.333. The zero-order chi connectivity index (χ0) is 22.4. The zero-order valence-corrected chi connectivity index (χ0v) is 18.4. The molecule has 7 nitrogen and oxygen atoms in total. The van der Waals surface area contributed by atoms with Gasteiger partial charge in [-0.25, -0.2) is 4.79 Å². The number of hydrogen-bond acceptors (Lipinski definition) is 5. The van der Waals surface area contributed by atoms with Gasteiger partial charge in [-0.15, -0.1) is 0 Å². The molecule has 2 aromatic carbocycles. The Morgan fingerprint density at radius 2 is 1.74 bits per heavy atom. The quantitative estimate of drug-likeness (QED) is 0.488. The van der Waals surface area contributed by atoms with E-state index in [0.717, 1.165) is 23.0 Å². The van der Waals surface area contributed by atoms with Crippen molar-refractivity contribution in [1.29, 1.82) is 0 Å². The summed E-state index contributed by atoms with van der Waals surface area (Å²) >= 11 is 0. The molecule has 0 aliphatic carbocycles. The summed E-state index contributed by atoms with van der Waals surface area (Å²) in [6, 6.07) is 13.2. The zero-order valence-electron chi connectivity index (χ0n) is 18.4. The lowest BCUT2D eigenvalue weighted by Crippen LogP contribution is -2.34. The number of fused-ring (bicyclic) bond motifs is 1. The Labute approximate surface area is 182 Å². The number of rotatable bonds is 9. The maximum absolute atomic E-state index is 12.7. The molecule has 0 saturated carbocycles. The van der Waals surface area contributed by atoms with Crippen molar-refractivity contribution in [2.75, 3.05) is 27.4 Å². The Morgan fingerprint density at radius 3 is 2.42 bits per heavy atom. The van der Waals surface area contributed by atoms with Crippen molar-refractivity contribution in [2.24, 2.45) is 0 Å². The molecule has 164 valence electrons. The molecule has 3 rings (SSSR count). The molecule has 31 heavy (non-hydrogen) atoms. The first kappa shape index (κ1) is 22.2. The van der Waals surface area contributed by atoms with E-state index in [4.69, 9.17) is 14.2 Å². The number of methoxy groups -OCH3 is 2. The number of aryl methyl sites for hydroxylation is 1. The number of ether oxygens (including phenoxy) is 3. The number of carbonyl (C=O) groups is 2. The fourth-order valence-corrected chi connectivity index (χ4v) is 3.54. The van der Waals surface area contributed by atoms with Gasteiger partial charge in [0.25, 0.3) is 5.91 Å². The molecule has 0 bridgehead atoms. The number of para-hydroxylation sites is 1. The van der Waals surface area contributed by atoms with Crippen LogP contribution >= 0.6 is 0 Å². The molecule has 0 fully saturated rings. The van der Waals surface area contributed by atoms with Crippen LogP contribution in [-0.4, -0.2) is 48.7 Å². The molecular weight excluding hydrogens is 396 g/mol. The molecule has 1 aromatic heterocycles. The molecule has 0 N–H and O–H groups in total. The van der Waals surface area contributed by atoms with Crippen LogP contribution in [0, 0.1) is 0 Å². The van der Waals surface area contributed by atoms with Crippen LogP contribution in [0.2, 0.25) is 0 Å².